The van der Waals surface area contributed by atoms with E-state index < -0.39 is 5.95 Å². The summed E-state index contributed by atoms with van der Waals surface area (Å²) in [4.78, 5) is 4.63. The number of nitrogens with one attached hydrogen (secondary N) is 1. The highest BCUT2D eigenvalue weighted by Crippen LogP contribution is 2.39. The van der Waals surface area contributed by atoms with Gasteiger partial charge in [-0.2, -0.15) is 9.37 Å². The topological polar surface area (TPSA) is 61.2 Å². The molecule has 148 valence electrons. The van der Waals surface area contributed by atoms with Crippen LogP contribution in [0.2, 0.25) is 0 Å². The lowest BCUT2D eigenvalue weighted by atomic mass is 9.98. The van der Waals surface area contributed by atoms with Crippen LogP contribution in [0.5, 0.6) is 11.8 Å². The molecule has 0 saturated carbocycles. The summed E-state index contributed by atoms with van der Waals surface area (Å²) in [6.45, 7) is 0.411. The Morgan fingerprint density at radius 2 is 1.90 bits per heavy atom. The Morgan fingerprint density at radius 1 is 1.07 bits per heavy atom. The van der Waals surface area contributed by atoms with E-state index in [9.17, 15) is 4.39 Å². The molecule has 1 N–H and O–H groups in total. The van der Waals surface area contributed by atoms with E-state index >= 15 is 0 Å². The quantitative estimate of drug-likeness (QED) is 0.738. The average Bonchev–Trinajstić information content (AvgIpc) is 3.32. The van der Waals surface area contributed by atoms with Gasteiger partial charge in [-0.05, 0) is 55.0 Å². The molecule has 2 unspecified atom stereocenters. The molecule has 6 rings (SSSR count). The summed E-state index contributed by atoms with van der Waals surface area (Å²) in [5, 5.41) is 7.46. The van der Waals surface area contributed by atoms with Crippen molar-refractivity contribution in [3.63, 3.8) is 0 Å². The van der Waals surface area contributed by atoms with Crippen molar-refractivity contribution in [3.05, 3.63) is 54.1 Å². The fraction of sp³-hybridized carbons (Fsp3) is 0.364. The predicted octanol–water partition coefficient (Wildman–Crippen LogP) is 3.63. The van der Waals surface area contributed by atoms with Crippen LogP contribution in [0.1, 0.15) is 31.2 Å². The van der Waals surface area contributed by atoms with Crippen molar-refractivity contribution in [2.75, 3.05) is 0 Å². The van der Waals surface area contributed by atoms with Crippen LogP contribution in [0.15, 0.2) is 42.6 Å². The molecule has 0 spiro atoms. The number of ether oxygens (including phenoxy) is 2. The van der Waals surface area contributed by atoms with Gasteiger partial charge in [0.05, 0.1) is 5.69 Å². The number of halogens is 1. The third kappa shape index (κ3) is 3.06. The van der Waals surface area contributed by atoms with E-state index in [4.69, 9.17) is 9.47 Å². The number of hydrogen-bond acceptors (Lipinski definition) is 5. The van der Waals surface area contributed by atoms with Crippen LogP contribution in [0, 0.1) is 5.95 Å². The molecular weight excluding hydrogens is 371 g/mol. The Labute approximate surface area is 167 Å². The highest BCUT2D eigenvalue weighted by atomic mass is 19.1. The van der Waals surface area contributed by atoms with E-state index in [0.717, 1.165) is 35.2 Å². The molecule has 3 aromatic rings. The second-order valence-electron chi connectivity index (χ2n) is 8.06. The fourth-order valence-corrected chi connectivity index (χ4v) is 4.77. The minimum Gasteiger partial charge on any atom is -0.474 e. The van der Waals surface area contributed by atoms with Crippen LogP contribution in [0.3, 0.4) is 0 Å². The lowest BCUT2D eigenvalue weighted by Gasteiger charge is -2.29. The lowest BCUT2D eigenvalue weighted by Crippen LogP contribution is -2.42. The van der Waals surface area contributed by atoms with Crippen molar-refractivity contribution in [2.45, 2.75) is 50.5 Å². The Morgan fingerprint density at radius 3 is 2.69 bits per heavy atom. The summed E-state index contributed by atoms with van der Waals surface area (Å²) in [6.07, 6.45) is 6.38. The molecule has 0 radical (unpaired) electrons. The maximum atomic E-state index is 13.2. The first-order valence-electron chi connectivity index (χ1n) is 10.1. The van der Waals surface area contributed by atoms with Crippen LogP contribution < -0.4 is 14.8 Å². The van der Waals surface area contributed by atoms with Crippen LogP contribution in [0.4, 0.5) is 4.39 Å². The van der Waals surface area contributed by atoms with E-state index in [1.807, 2.05) is 30.3 Å². The second-order valence-corrected chi connectivity index (χ2v) is 8.06. The third-order valence-corrected chi connectivity index (χ3v) is 6.12. The monoisotopic (exact) mass is 392 g/mol. The summed E-state index contributed by atoms with van der Waals surface area (Å²) >= 11 is 0. The zero-order valence-electron chi connectivity index (χ0n) is 15.8. The molecule has 0 aliphatic carbocycles. The number of hydrogen-bond donors (Lipinski definition) is 1. The standard InChI is InChI=1S/C22H21FN4O2/c23-20-7-8-27(26-20)16-3-4-18-13(9-16)12-28-22-19(18)5-6-21(25-22)29-17-10-14-1-2-15(11-17)24-14/h3-9,14-15,17,24H,1-2,10-12H2. The van der Waals surface area contributed by atoms with Crippen LogP contribution >= 0.6 is 0 Å². The molecular formula is C22H21FN4O2. The first kappa shape index (κ1) is 17.0. The predicted molar refractivity (Wildman–Crippen MR) is 105 cm³/mol. The van der Waals surface area contributed by atoms with E-state index in [0.29, 0.717) is 30.5 Å². The highest BCUT2D eigenvalue weighted by molar-refractivity contribution is 5.74. The van der Waals surface area contributed by atoms with Crippen molar-refractivity contribution >= 4 is 0 Å². The molecule has 5 heterocycles. The zero-order valence-corrected chi connectivity index (χ0v) is 15.8. The average molecular weight is 392 g/mol. The smallest absolute Gasteiger partial charge is 0.233 e. The maximum absolute atomic E-state index is 13.2. The molecule has 7 heteroatoms. The highest BCUT2D eigenvalue weighted by Gasteiger charge is 2.34. The second kappa shape index (κ2) is 6.56. The van der Waals surface area contributed by atoms with Gasteiger partial charge in [-0.25, -0.2) is 4.68 Å². The van der Waals surface area contributed by atoms with Gasteiger partial charge in [-0.15, -0.1) is 5.10 Å². The first-order valence-corrected chi connectivity index (χ1v) is 10.1. The molecule has 0 amide bonds. The number of pyridine rings is 1. The van der Waals surface area contributed by atoms with Gasteiger partial charge in [-0.1, -0.05) is 6.07 Å². The zero-order chi connectivity index (χ0) is 19.4. The van der Waals surface area contributed by atoms with Crippen LogP contribution in [-0.2, 0) is 6.61 Å². The number of piperidine rings is 1. The van der Waals surface area contributed by atoms with E-state index in [-0.39, 0.29) is 6.10 Å². The molecule has 3 aliphatic heterocycles. The number of benzene rings is 1. The minimum absolute atomic E-state index is 0.215. The molecule has 3 aliphatic rings. The van der Waals surface area contributed by atoms with E-state index in [2.05, 4.69) is 15.4 Å². The van der Waals surface area contributed by atoms with Crippen molar-refractivity contribution in [3.8, 4) is 28.6 Å². The van der Waals surface area contributed by atoms with E-state index in [1.54, 1.807) is 6.20 Å². The molecule has 29 heavy (non-hydrogen) atoms. The van der Waals surface area contributed by atoms with Gasteiger partial charge in [0.25, 0.3) is 0 Å². The Bertz CT molecular complexity index is 1070. The normalized spacial score (nSPS) is 24.5. The van der Waals surface area contributed by atoms with Gasteiger partial charge in [-0.3, -0.25) is 0 Å². The van der Waals surface area contributed by atoms with Gasteiger partial charge in [0.15, 0.2) is 0 Å². The molecule has 2 saturated heterocycles. The van der Waals surface area contributed by atoms with E-state index in [1.165, 1.54) is 23.6 Å². The van der Waals surface area contributed by atoms with Gasteiger partial charge in [0, 0.05) is 36.0 Å². The first-order chi connectivity index (χ1) is 14.2. The largest absolute Gasteiger partial charge is 0.474 e. The number of rotatable bonds is 3. The number of aromatic nitrogens is 3. The molecule has 2 fully saturated rings. The molecule has 2 atom stereocenters. The summed E-state index contributed by atoms with van der Waals surface area (Å²) in [5.41, 5.74) is 3.84. The van der Waals surface area contributed by atoms with Crippen LogP contribution in [0.25, 0.3) is 16.8 Å². The van der Waals surface area contributed by atoms with Crippen molar-refractivity contribution in [2.24, 2.45) is 0 Å². The summed E-state index contributed by atoms with van der Waals surface area (Å²) < 4.78 is 26.9. The van der Waals surface area contributed by atoms with Gasteiger partial charge in [0.1, 0.15) is 12.7 Å². The van der Waals surface area contributed by atoms with Gasteiger partial charge < -0.3 is 14.8 Å². The van der Waals surface area contributed by atoms with Gasteiger partial charge >= 0.3 is 0 Å². The number of nitrogens with zero attached hydrogens (tertiary/aromatic N) is 3. The third-order valence-electron chi connectivity index (χ3n) is 6.12. The van der Waals surface area contributed by atoms with Gasteiger partial charge in [0.2, 0.25) is 17.7 Å². The Hall–Kier alpha value is -2.93. The fourth-order valence-electron chi connectivity index (χ4n) is 4.77. The van der Waals surface area contributed by atoms with Crippen molar-refractivity contribution in [1.29, 1.82) is 0 Å². The summed E-state index contributed by atoms with van der Waals surface area (Å²) in [5.74, 6) is 0.731. The number of fused-ring (bicyclic) bond motifs is 5. The molecule has 6 nitrogen and oxygen atoms in total. The van der Waals surface area contributed by atoms with Crippen molar-refractivity contribution in [1.82, 2.24) is 20.1 Å². The molecule has 1 aromatic carbocycles. The van der Waals surface area contributed by atoms with Crippen molar-refractivity contribution < 1.29 is 13.9 Å². The lowest BCUT2D eigenvalue weighted by molar-refractivity contribution is 0.130. The SMILES string of the molecule is Fc1ccn(-c2ccc3c(c2)COc2nc(OC4CC5CCC(C4)N5)ccc2-3)n1. The Balaban J connectivity index is 1.26. The molecule has 2 bridgehead atoms. The maximum Gasteiger partial charge on any atom is 0.233 e. The minimum atomic E-state index is -0.497. The van der Waals surface area contributed by atoms with Crippen LogP contribution in [-0.4, -0.2) is 33.0 Å². The Kier molecular flexibility index (Phi) is 3.84. The summed E-state index contributed by atoms with van der Waals surface area (Å²) in [6, 6.07) is 12.4. The molecule has 2 aromatic heterocycles. The summed E-state index contributed by atoms with van der Waals surface area (Å²) in [7, 11) is 0.